The zero-order valence-electron chi connectivity index (χ0n) is 13.4. The summed E-state index contributed by atoms with van der Waals surface area (Å²) in [5.74, 6) is 0. The number of benzene rings is 1. The molecule has 1 heterocycles. The second kappa shape index (κ2) is 6.55. The third kappa shape index (κ3) is 4.43. The molecule has 1 saturated heterocycles. The Morgan fingerprint density at radius 1 is 1.18 bits per heavy atom. The fourth-order valence-electron chi connectivity index (χ4n) is 2.51. The van der Waals surface area contributed by atoms with Crippen LogP contribution in [0.2, 0.25) is 10.0 Å². The van der Waals surface area contributed by atoms with Crippen LogP contribution in [0, 0.1) is 0 Å². The van der Waals surface area contributed by atoms with Crippen LogP contribution in [0.3, 0.4) is 0 Å². The van der Waals surface area contributed by atoms with Gasteiger partial charge in [0.15, 0.2) is 0 Å². The molecule has 6 heteroatoms. The van der Waals surface area contributed by atoms with Gasteiger partial charge in [-0.1, -0.05) is 23.2 Å². The van der Waals surface area contributed by atoms with E-state index in [0.717, 1.165) is 18.8 Å². The van der Waals surface area contributed by atoms with E-state index in [0.29, 0.717) is 16.6 Å². The number of amides is 1. The maximum atomic E-state index is 12.2. The number of anilines is 1. The minimum absolute atomic E-state index is 0.0568. The predicted molar refractivity (Wildman–Crippen MR) is 91.1 cm³/mol. The first-order valence-corrected chi connectivity index (χ1v) is 8.12. The van der Waals surface area contributed by atoms with E-state index in [4.69, 9.17) is 27.9 Å². The summed E-state index contributed by atoms with van der Waals surface area (Å²) >= 11 is 12.1. The van der Waals surface area contributed by atoms with Gasteiger partial charge in [-0.05, 0) is 45.9 Å². The minimum atomic E-state index is -0.478. The maximum absolute atomic E-state index is 12.2. The average Bonchev–Trinajstić information content (AvgIpc) is 2.35. The van der Waals surface area contributed by atoms with E-state index in [2.05, 4.69) is 4.90 Å². The van der Waals surface area contributed by atoms with Crippen molar-refractivity contribution in [2.75, 3.05) is 24.5 Å². The molecule has 22 heavy (non-hydrogen) atoms. The van der Waals surface area contributed by atoms with Crippen LogP contribution >= 0.6 is 23.2 Å². The summed E-state index contributed by atoms with van der Waals surface area (Å²) in [5.41, 5.74) is 0.502. The monoisotopic (exact) mass is 344 g/mol. The molecule has 0 N–H and O–H groups in total. The lowest BCUT2D eigenvalue weighted by Crippen LogP contribution is -2.55. The summed E-state index contributed by atoms with van der Waals surface area (Å²) in [6, 6.07) is 5.56. The molecule has 0 aromatic heterocycles. The molecule has 1 aliphatic rings. The largest absolute Gasteiger partial charge is 0.444 e. The lowest BCUT2D eigenvalue weighted by molar-refractivity contribution is 0.0159. The van der Waals surface area contributed by atoms with Crippen LogP contribution in [0.15, 0.2) is 18.2 Å². The first-order chi connectivity index (χ1) is 10.2. The Morgan fingerprint density at radius 3 is 2.27 bits per heavy atom. The van der Waals surface area contributed by atoms with Crippen molar-refractivity contribution in [3.8, 4) is 0 Å². The van der Waals surface area contributed by atoms with E-state index in [1.165, 1.54) is 0 Å². The zero-order chi connectivity index (χ0) is 16.5. The van der Waals surface area contributed by atoms with Gasteiger partial charge in [0, 0.05) is 41.4 Å². The van der Waals surface area contributed by atoms with E-state index >= 15 is 0 Å². The van der Waals surface area contributed by atoms with E-state index in [9.17, 15) is 4.79 Å². The highest BCUT2D eigenvalue weighted by molar-refractivity contribution is 6.35. The van der Waals surface area contributed by atoms with E-state index < -0.39 is 5.60 Å². The zero-order valence-corrected chi connectivity index (χ0v) is 14.9. The van der Waals surface area contributed by atoms with E-state index in [-0.39, 0.29) is 12.1 Å². The molecular formula is C16H22Cl2N2O2. The van der Waals surface area contributed by atoms with Crippen LogP contribution in [0.4, 0.5) is 10.5 Å². The van der Waals surface area contributed by atoms with Gasteiger partial charge in [0.05, 0.1) is 0 Å². The molecule has 0 unspecified atom stereocenters. The van der Waals surface area contributed by atoms with Gasteiger partial charge in [-0.3, -0.25) is 0 Å². The van der Waals surface area contributed by atoms with Crippen LogP contribution in [-0.4, -0.2) is 42.3 Å². The SMILES string of the molecule is C[C@H]1CN(c2cc(Cl)cc(Cl)c2)CCN1C(=O)OC(C)(C)C. The van der Waals surface area contributed by atoms with Crippen LogP contribution < -0.4 is 4.90 Å². The standard InChI is InChI=1S/C16H22Cl2N2O2/c1-11-10-19(14-8-12(17)7-13(18)9-14)5-6-20(11)15(21)22-16(2,3)4/h7-9,11H,5-6,10H2,1-4H3/t11-/m0/s1. The highest BCUT2D eigenvalue weighted by Crippen LogP contribution is 2.27. The molecule has 4 nitrogen and oxygen atoms in total. The first kappa shape index (κ1) is 17.2. The lowest BCUT2D eigenvalue weighted by Gasteiger charge is -2.41. The van der Waals surface area contributed by atoms with Gasteiger partial charge in [-0.25, -0.2) is 4.79 Å². The van der Waals surface area contributed by atoms with Crippen LogP contribution in [0.25, 0.3) is 0 Å². The Labute approximate surface area is 141 Å². The number of nitrogens with zero attached hydrogens (tertiary/aromatic N) is 2. The van der Waals surface area contributed by atoms with Crippen molar-refractivity contribution in [1.82, 2.24) is 4.90 Å². The molecule has 1 amide bonds. The van der Waals surface area contributed by atoms with Gasteiger partial charge in [0.2, 0.25) is 0 Å². The number of rotatable bonds is 1. The van der Waals surface area contributed by atoms with Crippen molar-refractivity contribution in [3.63, 3.8) is 0 Å². The van der Waals surface area contributed by atoms with Gasteiger partial charge in [-0.2, -0.15) is 0 Å². The predicted octanol–water partition coefficient (Wildman–Crippen LogP) is 4.44. The third-order valence-corrected chi connectivity index (χ3v) is 3.90. The Bertz CT molecular complexity index is 537. The Kier molecular flexibility index (Phi) is 5.13. The maximum Gasteiger partial charge on any atom is 0.410 e. The molecule has 1 atom stereocenters. The van der Waals surface area contributed by atoms with Gasteiger partial charge in [-0.15, -0.1) is 0 Å². The van der Waals surface area contributed by atoms with Gasteiger partial charge >= 0.3 is 6.09 Å². The summed E-state index contributed by atoms with van der Waals surface area (Å²) in [6.07, 6.45) is -0.260. The molecule has 1 fully saturated rings. The van der Waals surface area contributed by atoms with Crippen LogP contribution in [0.1, 0.15) is 27.7 Å². The minimum Gasteiger partial charge on any atom is -0.444 e. The van der Waals surface area contributed by atoms with Crippen molar-refractivity contribution in [2.24, 2.45) is 0 Å². The second-order valence-electron chi connectivity index (χ2n) is 6.60. The molecule has 0 bridgehead atoms. The highest BCUT2D eigenvalue weighted by atomic mass is 35.5. The molecular weight excluding hydrogens is 323 g/mol. The van der Waals surface area contributed by atoms with Crippen molar-refractivity contribution in [1.29, 1.82) is 0 Å². The number of ether oxygens (including phenoxy) is 1. The fourth-order valence-corrected chi connectivity index (χ4v) is 3.02. The quantitative estimate of drug-likeness (QED) is 0.754. The third-order valence-electron chi connectivity index (χ3n) is 3.47. The summed E-state index contributed by atoms with van der Waals surface area (Å²) in [4.78, 5) is 16.2. The summed E-state index contributed by atoms with van der Waals surface area (Å²) in [7, 11) is 0. The Morgan fingerprint density at radius 2 is 1.77 bits per heavy atom. The van der Waals surface area contributed by atoms with Gasteiger partial charge < -0.3 is 14.5 Å². The summed E-state index contributed by atoms with van der Waals surface area (Å²) in [6.45, 7) is 9.69. The summed E-state index contributed by atoms with van der Waals surface area (Å²) < 4.78 is 5.45. The number of hydrogen-bond donors (Lipinski definition) is 0. The number of carbonyl (C=O) groups is 1. The Hall–Kier alpha value is -1.13. The topological polar surface area (TPSA) is 32.8 Å². The Balaban J connectivity index is 2.05. The second-order valence-corrected chi connectivity index (χ2v) is 7.47. The molecule has 1 aromatic rings. The molecule has 122 valence electrons. The molecule has 0 aliphatic carbocycles. The van der Waals surface area contributed by atoms with Crippen molar-refractivity contribution in [2.45, 2.75) is 39.3 Å². The summed E-state index contributed by atoms with van der Waals surface area (Å²) in [5, 5.41) is 1.23. The van der Waals surface area contributed by atoms with Crippen LogP contribution in [0.5, 0.6) is 0 Å². The van der Waals surface area contributed by atoms with Crippen molar-refractivity contribution >= 4 is 35.0 Å². The molecule has 0 radical (unpaired) electrons. The first-order valence-electron chi connectivity index (χ1n) is 7.36. The van der Waals surface area contributed by atoms with Crippen molar-refractivity contribution in [3.05, 3.63) is 28.2 Å². The van der Waals surface area contributed by atoms with Gasteiger partial charge in [0.1, 0.15) is 5.60 Å². The number of piperazine rings is 1. The van der Waals surface area contributed by atoms with E-state index in [1.54, 1.807) is 11.0 Å². The fraction of sp³-hybridized carbons (Fsp3) is 0.562. The molecule has 1 aliphatic heterocycles. The van der Waals surface area contributed by atoms with Gasteiger partial charge in [0.25, 0.3) is 0 Å². The normalized spacial score (nSPS) is 19.3. The average molecular weight is 345 g/mol. The van der Waals surface area contributed by atoms with Crippen molar-refractivity contribution < 1.29 is 9.53 Å². The molecule has 1 aromatic carbocycles. The molecule has 0 spiro atoms. The number of halogens is 2. The molecule has 0 saturated carbocycles. The van der Waals surface area contributed by atoms with Crippen LogP contribution in [-0.2, 0) is 4.74 Å². The highest BCUT2D eigenvalue weighted by Gasteiger charge is 2.31. The lowest BCUT2D eigenvalue weighted by atomic mass is 10.1. The van der Waals surface area contributed by atoms with E-state index in [1.807, 2.05) is 39.8 Å². The number of hydrogen-bond acceptors (Lipinski definition) is 3. The number of carbonyl (C=O) groups excluding carboxylic acids is 1. The smallest absolute Gasteiger partial charge is 0.410 e. The molecule has 2 rings (SSSR count).